The van der Waals surface area contributed by atoms with Crippen molar-refractivity contribution in [2.45, 2.75) is 38.5 Å². The van der Waals surface area contributed by atoms with Crippen LogP contribution in [0.1, 0.15) is 37.7 Å². The lowest BCUT2D eigenvalue weighted by Crippen LogP contribution is -2.28. The van der Waals surface area contributed by atoms with Gasteiger partial charge in [-0.25, -0.2) is 0 Å². The molecular formula is C16H20O2. The quantitative estimate of drug-likeness (QED) is 0.745. The predicted octanol–water partition coefficient (Wildman–Crippen LogP) is 3.19. The molecule has 0 heterocycles. The number of carbonyl (C=O) groups excluding carboxylic acids is 2. The highest BCUT2D eigenvalue weighted by molar-refractivity contribution is 5.84. The predicted molar refractivity (Wildman–Crippen MR) is 71.3 cm³/mol. The van der Waals surface area contributed by atoms with E-state index in [4.69, 9.17) is 0 Å². The first-order valence-electron chi connectivity index (χ1n) is 6.83. The van der Waals surface area contributed by atoms with Crippen molar-refractivity contribution in [1.29, 1.82) is 0 Å². The van der Waals surface area contributed by atoms with Crippen LogP contribution in [-0.2, 0) is 16.0 Å². The molecule has 1 saturated carbocycles. The molecule has 1 aromatic rings. The summed E-state index contributed by atoms with van der Waals surface area (Å²) in [6, 6.07) is 10.1. The number of hydrogen-bond acceptors (Lipinski definition) is 2. The van der Waals surface area contributed by atoms with Gasteiger partial charge in [-0.05, 0) is 24.8 Å². The van der Waals surface area contributed by atoms with E-state index in [1.54, 1.807) is 0 Å². The van der Waals surface area contributed by atoms with Crippen LogP contribution in [0.5, 0.6) is 0 Å². The standard InChI is InChI=1S/C16H20O2/c17-12-14-8-4-5-9-15(14)16(18)11-10-13-6-2-1-3-7-13/h1-3,6-7,12,14-15H,4-5,8-11H2/t14-,15-/m0/s1. The molecule has 1 aliphatic rings. The Balaban J connectivity index is 1.89. The number of benzene rings is 1. The molecule has 2 rings (SSSR count). The number of carbonyl (C=O) groups is 2. The molecule has 1 aliphatic carbocycles. The lowest BCUT2D eigenvalue weighted by atomic mass is 9.76. The van der Waals surface area contributed by atoms with Gasteiger partial charge in [0.25, 0.3) is 0 Å². The van der Waals surface area contributed by atoms with Gasteiger partial charge in [0.05, 0.1) is 0 Å². The van der Waals surface area contributed by atoms with Crippen molar-refractivity contribution in [3.05, 3.63) is 35.9 Å². The summed E-state index contributed by atoms with van der Waals surface area (Å²) >= 11 is 0. The fourth-order valence-electron chi connectivity index (χ4n) is 2.82. The first-order valence-corrected chi connectivity index (χ1v) is 6.83. The zero-order valence-electron chi connectivity index (χ0n) is 10.7. The third-order valence-corrected chi connectivity index (χ3v) is 3.91. The molecule has 0 aliphatic heterocycles. The summed E-state index contributed by atoms with van der Waals surface area (Å²) < 4.78 is 0. The Morgan fingerprint density at radius 3 is 2.61 bits per heavy atom. The molecule has 2 atom stereocenters. The minimum Gasteiger partial charge on any atom is -0.303 e. The molecule has 1 fully saturated rings. The molecule has 0 saturated heterocycles. The fourth-order valence-corrected chi connectivity index (χ4v) is 2.82. The van der Waals surface area contributed by atoms with Gasteiger partial charge in [-0.3, -0.25) is 4.79 Å². The normalized spacial score (nSPS) is 23.6. The zero-order chi connectivity index (χ0) is 12.8. The third-order valence-electron chi connectivity index (χ3n) is 3.91. The zero-order valence-corrected chi connectivity index (χ0v) is 10.7. The van der Waals surface area contributed by atoms with Crippen LogP contribution < -0.4 is 0 Å². The summed E-state index contributed by atoms with van der Waals surface area (Å²) in [6.07, 6.45) is 6.32. The van der Waals surface area contributed by atoms with E-state index in [1.165, 1.54) is 5.56 Å². The highest BCUT2D eigenvalue weighted by atomic mass is 16.1. The van der Waals surface area contributed by atoms with Crippen molar-refractivity contribution in [3.63, 3.8) is 0 Å². The molecule has 18 heavy (non-hydrogen) atoms. The molecule has 96 valence electrons. The van der Waals surface area contributed by atoms with Crippen LogP contribution in [0.2, 0.25) is 0 Å². The Morgan fingerprint density at radius 2 is 1.89 bits per heavy atom. The van der Waals surface area contributed by atoms with Gasteiger partial charge in [0, 0.05) is 18.3 Å². The summed E-state index contributed by atoms with van der Waals surface area (Å²) in [7, 11) is 0. The summed E-state index contributed by atoms with van der Waals surface area (Å²) in [5.74, 6) is 0.234. The molecule has 2 nitrogen and oxygen atoms in total. The Labute approximate surface area is 108 Å². The van der Waals surface area contributed by atoms with E-state index < -0.39 is 0 Å². The number of hydrogen-bond donors (Lipinski definition) is 0. The van der Waals surface area contributed by atoms with Crippen LogP contribution in [0.4, 0.5) is 0 Å². The largest absolute Gasteiger partial charge is 0.303 e. The van der Waals surface area contributed by atoms with Crippen molar-refractivity contribution in [1.82, 2.24) is 0 Å². The second-order valence-corrected chi connectivity index (χ2v) is 5.14. The summed E-state index contributed by atoms with van der Waals surface area (Å²) in [4.78, 5) is 23.2. The van der Waals surface area contributed by atoms with Crippen LogP contribution in [0.3, 0.4) is 0 Å². The fraction of sp³-hybridized carbons (Fsp3) is 0.500. The van der Waals surface area contributed by atoms with Crippen LogP contribution in [-0.4, -0.2) is 12.1 Å². The van der Waals surface area contributed by atoms with Gasteiger partial charge < -0.3 is 4.79 Å². The van der Waals surface area contributed by atoms with E-state index in [-0.39, 0.29) is 17.6 Å². The van der Waals surface area contributed by atoms with Crippen LogP contribution in [0.15, 0.2) is 30.3 Å². The Morgan fingerprint density at radius 1 is 1.17 bits per heavy atom. The van der Waals surface area contributed by atoms with Gasteiger partial charge in [-0.15, -0.1) is 0 Å². The SMILES string of the molecule is O=C[C@@H]1CCCC[C@@H]1C(=O)CCc1ccccc1. The van der Waals surface area contributed by atoms with Crippen molar-refractivity contribution in [2.24, 2.45) is 11.8 Å². The Kier molecular flexibility index (Phi) is 4.68. The monoisotopic (exact) mass is 244 g/mol. The topological polar surface area (TPSA) is 34.1 Å². The average Bonchev–Trinajstić information content (AvgIpc) is 2.45. The Hall–Kier alpha value is -1.44. The number of aryl methyl sites for hydroxylation is 1. The molecule has 0 spiro atoms. The van der Waals surface area contributed by atoms with E-state index >= 15 is 0 Å². The maximum atomic E-state index is 12.2. The minimum atomic E-state index is -0.0259. The molecule has 0 aromatic heterocycles. The minimum absolute atomic E-state index is 0.0139. The number of ketones is 1. The summed E-state index contributed by atoms with van der Waals surface area (Å²) in [6.45, 7) is 0. The maximum absolute atomic E-state index is 12.2. The first-order chi connectivity index (χ1) is 8.81. The molecule has 0 unspecified atom stereocenters. The highest BCUT2D eigenvalue weighted by Gasteiger charge is 2.29. The van der Waals surface area contributed by atoms with E-state index in [9.17, 15) is 9.59 Å². The van der Waals surface area contributed by atoms with Crippen LogP contribution in [0, 0.1) is 11.8 Å². The van der Waals surface area contributed by atoms with Crippen LogP contribution >= 0.6 is 0 Å². The molecule has 1 aromatic carbocycles. The maximum Gasteiger partial charge on any atom is 0.137 e. The van der Waals surface area contributed by atoms with E-state index in [1.807, 2.05) is 30.3 Å². The van der Waals surface area contributed by atoms with Gasteiger partial charge in [0.1, 0.15) is 12.1 Å². The van der Waals surface area contributed by atoms with Crippen LogP contribution in [0.25, 0.3) is 0 Å². The van der Waals surface area contributed by atoms with E-state index in [0.717, 1.165) is 38.4 Å². The highest BCUT2D eigenvalue weighted by Crippen LogP contribution is 2.30. The van der Waals surface area contributed by atoms with Crippen molar-refractivity contribution < 1.29 is 9.59 Å². The second-order valence-electron chi connectivity index (χ2n) is 5.14. The summed E-state index contributed by atoms with van der Waals surface area (Å²) in [5, 5.41) is 0. The van der Waals surface area contributed by atoms with Crippen molar-refractivity contribution >= 4 is 12.1 Å². The molecule has 2 heteroatoms. The van der Waals surface area contributed by atoms with Crippen molar-refractivity contribution in [3.8, 4) is 0 Å². The van der Waals surface area contributed by atoms with Gasteiger partial charge in [-0.2, -0.15) is 0 Å². The molecular weight excluding hydrogens is 224 g/mol. The van der Waals surface area contributed by atoms with Gasteiger partial charge >= 0.3 is 0 Å². The third kappa shape index (κ3) is 3.28. The van der Waals surface area contributed by atoms with Gasteiger partial charge in [0.2, 0.25) is 0 Å². The number of aldehydes is 1. The lowest BCUT2D eigenvalue weighted by molar-refractivity contribution is -0.129. The van der Waals surface area contributed by atoms with Gasteiger partial charge in [0.15, 0.2) is 0 Å². The lowest BCUT2D eigenvalue weighted by Gasteiger charge is -2.26. The first kappa shape index (κ1) is 13.0. The number of rotatable bonds is 5. The van der Waals surface area contributed by atoms with E-state index in [2.05, 4.69) is 0 Å². The summed E-state index contributed by atoms with van der Waals surface area (Å²) in [5.41, 5.74) is 1.20. The second kappa shape index (κ2) is 6.48. The van der Waals surface area contributed by atoms with Gasteiger partial charge in [-0.1, -0.05) is 43.2 Å². The smallest absolute Gasteiger partial charge is 0.137 e. The number of Topliss-reactive ketones (excluding diaryl/α,β-unsaturated/α-hetero) is 1. The molecule has 0 N–H and O–H groups in total. The van der Waals surface area contributed by atoms with Crippen molar-refractivity contribution in [2.75, 3.05) is 0 Å². The molecule has 0 radical (unpaired) electrons. The van der Waals surface area contributed by atoms with E-state index in [0.29, 0.717) is 6.42 Å². The molecule has 0 bridgehead atoms. The molecule has 0 amide bonds. The Bertz CT molecular complexity index is 397. The average molecular weight is 244 g/mol.